The van der Waals surface area contributed by atoms with Crippen molar-refractivity contribution in [1.29, 1.82) is 0 Å². The maximum Gasteiger partial charge on any atom is 0.180 e. The number of halogens is 3. The number of nitrogen functional groups attached to an aromatic ring is 1. The molecule has 0 aliphatic carbocycles. The smallest absolute Gasteiger partial charge is 0.180 e. The van der Waals surface area contributed by atoms with Gasteiger partial charge in [-0.2, -0.15) is 0 Å². The highest BCUT2D eigenvalue weighted by Crippen LogP contribution is 2.35. The van der Waals surface area contributed by atoms with Gasteiger partial charge in [-0.1, -0.05) is 23.2 Å². The Morgan fingerprint density at radius 2 is 1.64 bits per heavy atom. The number of rotatable bonds is 2. The lowest BCUT2D eigenvalue weighted by molar-refractivity contribution is 0.628. The largest absolute Gasteiger partial charge is 0.381 e. The molecular weight excluding hydrogens is 362 g/mol. The molecule has 0 saturated carbocycles. The Labute approximate surface area is 152 Å². The van der Waals surface area contributed by atoms with Gasteiger partial charge in [-0.25, -0.2) is 14.4 Å². The summed E-state index contributed by atoms with van der Waals surface area (Å²) in [6.45, 7) is 0. The molecule has 4 rings (SSSR count). The van der Waals surface area contributed by atoms with E-state index < -0.39 is 0 Å². The summed E-state index contributed by atoms with van der Waals surface area (Å²) in [7, 11) is 0. The van der Waals surface area contributed by atoms with Crippen LogP contribution < -0.4 is 5.73 Å². The van der Waals surface area contributed by atoms with Crippen molar-refractivity contribution in [3.8, 4) is 22.5 Å². The minimum Gasteiger partial charge on any atom is -0.381 e. The molecule has 0 spiro atoms. The van der Waals surface area contributed by atoms with E-state index in [1.807, 2.05) is 4.40 Å². The van der Waals surface area contributed by atoms with E-state index in [0.29, 0.717) is 21.4 Å². The monoisotopic (exact) mass is 372 g/mol. The van der Waals surface area contributed by atoms with E-state index >= 15 is 0 Å². The van der Waals surface area contributed by atoms with Gasteiger partial charge in [0, 0.05) is 33.6 Å². The Kier molecular flexibility index (Phi) is 3.82. The van der Waals surface area contributed by atoms with Gasteiger partial charge < -0.3 is 5.73 Å². The predicted octanol–water partition coefficient (Wildman–Crippen LogP) is 5.09. The van der Waals surface area contributed by atoms with Crippen LogP contribution in [-0.2, 0) is 0 Å². The van der Waals surface area contributed by atoms with Gasteiger partial charge in [0.2, 0.25) is 0 Å². The second kappa shape index (κ2) is 6.02. The van der Waals surface area contributed by atoms with E-state index in [0.717, 1.165) is 16.8 Å². The standard InChI is InChI=1S/C18H11Cl2FN4/c19-12-7-11(8-13(20)9-12)16-15(10-1-3-14(21)4-2-10)24-17(22)18-23-5-6-25(16)18/h1-9H,(H2,22,24). The van der Waals surface area contributed by atoms with Crippen molar-refractivity contribution in [3.05, 3.63) is 70.7 Å². The number of benzene rings is 2. The van der Waals surface area contributed by atoms with Crippen LogP contribution in [0, 0.1) is 5.82 Å². The molecule has 4 aromatic rings. The third-order valence-electron chi connectivity index (χ3n) is 3.82. The molecule has 2 aromatic heterocycles. The van der Waals surface area contributed by atoms with Crippen molar-refractivity contribution in [1.82, 2.24) is 14.4 Å². The highest BCUT2D eigenvalue weighted by atomic mass is 35.5. The van der Waals surface area contributed by atoms with Crippen LogP contribution in [0.5, 0.6) is 0 Å². The molecule has 2 aromatic carbocycles. The van der Waals surface area contributed by atoms with Gasteiger partial charge in [0.05, 0.1) is 11.4 Å². The predicted molar refractivity (Wildman–Crippen MR) is 98.2 cm³/mol. The van der Waals surface area contributed by atoms with Gasteiger partial charge in [-0.15, -0.1) is 0 Å². The molecule has 0 radical (unpaired) electrons. The first kappa shape index (κ1) is 15.9. The van der Waals surface area contributed by atoms with Gasteiger partial charge in [0.1, 0.15) is 5.82 Å². The topological polar surface area (TPSA) is 56.2 Å². The van der Waals surface area contributed by atoms with Crippen LogP contribution in [-0.4, -0.2) is 14.4 Å². The Bertz CT molecular complexity index is 1070. The lowest BCUT2D eigenvalue weighted by Gasteiger charge is -2.14. The normalized spacial score (nSPS) is 11.2. The fourth-order valence-electron chi connectivity index (χ4n) is 2.79. The number of hydrogen-bond acceptors (Lipinski definition) is 3. The van der Waals surface area contributed by atoms with Crippen LogP contribution in [0.2, 0.25) is 10.0 Å². The van der Waals surface area contributed by atoms with Crippen molar-refractivity contribution in [2.45, 2.75) is 0 Å². The number of nitrogens with two attached hydrogens (primary N) is 1. The van der Waals surface area contributed by atoms with Crippen molar-refractivity contribution in [2.75, 3.05) is 5.73 Å². The lowest BCUT2D eigenvalue weighted by atomic mass is 10.0. The summed E-state index contributed by atoms with van der Waals surface area (Å²) in [5.74, 6) is -0.0472. The van der Waals surface area contributed by atoms with Gasteiger partial charge in [-0.05, 0) is 42.5 Å². The second-order valence-corrected chi connectivity index (χ2v) is 6.35. The molecule has 0 amide bonds. The maximum absolute atomic E-state index is 13.3. The van der Waals surface area contributed by atoms with Crippen molar-refractivity contribution >= 4 is 34.7 Å². The first-order valence-electron chi connectivity index (χ1n) is 7.38. The lowest BCUT2D eigenvalue weighted by Crippen LogP contribution is -2.03. The molecule has 7 heteroatoms. The van der Waals surface area contributed by atoms with E-state index in [1.54, 1.807) is 42.7 Å². The molecule has 0 aliphatic heterocycles. The molecule has 25 heavy (non-hydrogen) atoms. The molecule has 0 saturated heterocycles. The summed E-state index contributed by atoms with van der Waals surface area (Å²) < 4.78 is 15.1. The van der Waals surface area contributed by atoms with Crippen LogP contribution in [0.3, 0.4) is 0 Å². The van der Waals surface area contributed by atoms with Crippen LogP contribution in [0.1, 0.15) is 0 Å². The summed E-state index contributed by atoms with van der Waals surface area (Å²) in [4.78, 5) is 8.74. The number of aromatic nitrogens is 3. The Hall–Kier alpha value is -2.63. The van der Waals surface area contributed by atoms with Crippen LogP contribution in [0.4, 0.5) is 10.2 Å². The number of imidazole rings is 1. The third kappa shape index (κ3) is 2.81. The van der Waals surface area contributed by atoms with Crippen LogP contribution in [0.15, 0.2) is 54.9 Å². The SMILES string of the molecule is Nc1nc(-c2ccc(F)cc2)c(-c2cc(Cl)cc(Cl)c2)n2ccnc12. The molecule has 2 N–H and O–H groups in total. The van der Waals surface area contributed by atoms with Crippen LogP contribution >= 0.6 is 23.2 Å². The van der Waals surface area contributed by atoms with Crippen LogP contribution in [0.25, 0.3) is 28.2 Å². The fraction of sp³-hybridized carbons (Fsp3) is 0. The zero-order valence-corrected chi connectivity index (χ0v) is 14.3. The molecule has 0 fully saturated rings. The second-order valence-electron chi connectivity index (χ2n) is 5.48. The third-order valence-corrected chi connectivity index (χ3v) is 4.26. The summed E-state index contributed by atoms with van der Waals surface area (Å²) in [5.41, 5.74) is 9.36. The first-order chi connectivity index (χ1) is 12.0. The number of nitrogens with zero attached hydrogens (tertiary/aromatic N) is 3. The highest BCUT2D eigenvalue weighted by molar-refractivity contribution is 6.35. The molecule has 0 aliphatic rings. The molecule has 0 atom stereocenters. The van der Waals surface area contributed by atoms with Crippen molar-refractivity contribution in [2.24, 2.45) is 0 Å². The zero-order chi connectivity index (χ0) is 17.6. The highest BCUT2D eigenvalue weighted by Gasteiger charge is 2.17. The van der Waals surface area contributed by atoms with Gasteiger partial charge in [0.15, 0.2) is 11.5 Å². The van der Waals surface area contributed by atoms with Crippen molar-refractivity contribution < 1.29 is 4.39 Å². The van der Waals surface area contributed by atoms with E-state index in [2.05, 4.69) is 9.97 Å². The summed E-state index contributed by atoms with van der Waals surface area (Å²) in [5, 5.41) is 0.996. The van der Waals surface area contributed by atoms with Gasteiger partial charge in [-0.3, -0.25) is 4.40 Å². The summed E-state index contributed by atoms with van der Waals surface area (Å²) in [6, 6.07) is 11.3. The molecule has 2 heterocycles. The minimum atomic E-state index is -0.326. The summed E-state index contributed by atoms with van der Waals surface area (Å²) >= 11 is 12.3. The number of fused-ring (bicyclic) bond motifs is 1. The van der Waals surface area contributed by atoms with Gasteiger partial charge >= 0.3 is 0 Å². The molecule has 0 bridgehead atoms. The first-order valence-corrected chi connectivity index (χ1v) is 8.13. The van der Waals surface area contributed by atoms with E-state index in [4.69, 9.17) is 28.9 Å². The summed E-state index contributed by atoms with van der Waals surface area (Å²) in [6.07, 6.45) is 3.42. The minimum absolute atomic E-state index is 0.279. The Morgan fingerprint density at radius 1 is 0.960 bits per heavy atom. The van der Waals surface area contributed by atoms with Crippen molar-refractivity contribution in [3.63, 3.8) is 0 Å². The van der Waals surface area contributed by atoms with E-state index in [1.165, 1.54) is 12.1 Å². The number of anilines is 1. The Morgan fingerprint density at radius 3 is 2.32 bits per heavy atom. The fourth-order valence-corrected chi connectivity index (χ4v) is 3.31. The number of hydrogen-bond donors (Lipinski definition) is 1. The molecule has 0 unspecified atom stereocenters. The average molecular weight is 373 g/mol. The van der Waals surface area contributed by atoms with E-state index in [9.17, 15) is 4.39 Å². The maximum atomic E-state index is 13.3. The molecule has 124 valence electrons. The quantitative estimate of drug-likeness (QED) is 0.532. The Balaban J connectivity index is 2.10. The molecule has 4 nitrogen and oxygen atoms in total. The zero-order valence-electron chi connectivity index (χ0n) is 12.7. The van der Waals surface area contributed by atoms with E-state index in [-0.39, 0.29) is 11.6 Å². The molecular formula is C18H11Cl2FN4. The average Bonchev–Trinajstić information content (AvgIpc) is 3.04. The van der Waals surface area contributed by atoms with Gasteiger partial charge in [0.25, 0.3) is 0 Å².